The SMILES string of the molecule is CCCCNC(=NCC1CCC(=O)N1)NN. The van der Waals surface area contributed by atoms with Gasteiger partial charge in [-0.2, -0.15) is 0 Å². The number of hydrogen-bond acceptors (Lipinski definition) is 3. The number of hydrogen-bond donors (Lipinski definition) is 4. The predicted octanol–water partition coefficient (Wildman–Crippen LogP) is -0.526. The Labute approximate surface area is 96.0 Å². The summed E-state index contributed by atoms with van der Waals surface area (Å²) in [6, 6.07) is 0.156. The van der Waals surface area contributed by atoms with Crippen molar-refractivity contribution < 1.29 is 4.79 Å². The molecule has 1 atom stereocenters. The van der Waals surface area contributed by atoms with Gasteiger partial charge in [0.1, 0.15) is 0 Å². The first-order chi connectivity index (χ1) is 7.76. The fraction of sp³-hybridized carbons (Fsp3) is 0.800. The summed E-state index contributed by atoms with van der Waals surface area (Å²) in [5.41, 5.74) is 2.52. The number of nitrogens with zero attached hydrogens (tertiary/aromatic N) is 1. The van der Waals surface area contributed by atoms with E-state index in [4.69, 9.17) is 5.84 Å². The lowest BCUT2D eigenvalue weighted by Gasteiger charge is -2.10. The third kappa shape index (κ3) is 4.48. The molecule has 1 aliphatic rings. The maximum atomic E-state index is 11.0. The molecule has 0 saturated carbocycles. The molecule has 92 valence electrons. The summed E-state index contributed by atoms with van der Waals surface area (Å²) in [6.45, 7) is 3.56. The molecule has 0 radical (unpaired) electrons. The first-order valence-corrected chi connectivity index (χ1v) is 5.80. The first kappa shape index (κ1) is 12.8. The van der Waals surface area contributed by atoms with Gasteiger partial charge in [-0.1, -0.05) is 13.3 Å². The molecular weight excluding hydrogens is 206 g/mol. The number of guanidine groups is 1. The third-order valence-electron chi connectivity index (χ3n) is 2.51. The van der Waals surface area contributed by atoms with Gasteiger partial charge in [-0.3, -0.25) is 15.2 Å². The van der Waals surface area contributed by atoms with E-state index in [-0.39, 0.29) is 11.9 Å². The molecule has 6 nitrogen and oxygen atoms in total. The van der Waals surface area contributed by atoms with Crippen molar-refractivity contribution in [1.29, 1.82) is 0 Å². The zero-order valence-corrected chi connectivity index (χ0v) is 9.75. The smallest absolute Gasteiger partial charge is 0.220 e. The van der Waals surface area contributed by atoms with E-state index >= 15 is 0 Å². The summed E-state index contributed by atoms with van der Waals surface area (Å²) < 4.78 is 0. The van der Waals surface area contributed by atoms with Crippen molar-refractivity contribution in [2.45, 2.75) is 38.6 Å². The summed E-state index contributed by atoms with van der Waals surface area (Å²) in [4.78, 5) is 15.2. The van der Waals surface area contributed by atoms with Crippen LogP contribution in [0.1, 0.15) is 32.6 Å². The van der Waals surface area contributed by atoms with Gasteiger partial charge < -0.3 is 10.6 Å². The van der Waals surface area contributed by atoms with E-state index in [2.05, 4.69) is 28.0 Å². The molecule has 0 aromatic carbocycles. The van der Waals surface area contributed by atoms with Crippen LogP contribution in [-0.2, 0) is 4.79 Å². The van der Waals surface area contributed by atoms with Crippen LogP contribution in [0.15, 0.2) is 4.99 Å². The summed E-state index contributed by atoms with van der Waals surface area (Å²) in [7, 11) is 0. The monoisotopic (exact) mass is 227 g/mol. The van der Waals surface area contributed by atoms with Crippen LogP contribution in [0, 0.1) is 0 Å². The van der Waals surface area contributed by atoms with Crippen molar-refractivity contribution >= 4 is 11.9 Å². The van der Waals surface area contributed by atoms with Gasteiger partial charge in [-0.15, -0.1) is 0 Å². The fourth-order valence-corrected chi connectivity index (χ4v) is 1.55. The van der Waals surface area contributed by atoms with Crippen LogP contribution in [0.5, 0.6) is 0 Å². The molecule has 0 spiro atoms. The topological polar surface area (TPSA) is 91.5 Å². The highest BCUT2D eigenvalue weighted by atomic mass is 16.1. The number of carbonyl (C=O) groups is 1. The molecule has 6 heteroatoms. The van der Waals surface area contributed by atoms with E-state index in [1.54, 1.807) is 0 Å². The molecular formula is C10H21N5O. The Hall–Kier alpha value is -1.30. The van der Waals surface area contributed by atoms with Gasteiger partial charge in [0.05, 0.1) is 6.54 Å². The van der Waals surface area contributed by atoms with Gasteiger partial charge in [0.25, 0.3) is 0 Å². The van der Waals surface area contributed by atoms with E-state index in [9.17, 15) is 4.79 Å². The zero-order chi connectivity index (χ0) is 11.8. The van der Waals surface area contributed by atoms with Crippen molar-refractivity contribution in [3.05, 3.63) is 0 Å². The molecule has 0 aromatic heterocycles. The lowest BCUT2D eigenvalue weighted by Crippen LogP contribution is -2.43. The van der Waals surface area contributed by atoms with Gasteiger partial charge in [0.2, 0.25) is 11.9 Å². The normalized spacial score (nSPS) is 20.8. The third-order valence-corrected chi connectivity index (χ3v) is 2.51. The number of nitrogens with one attached hydrogen (secondary N) is 3. The van der Waals surface area contributed by atoms with Crippen molar-refractivity contribution in [2.75, 3.05) is 13.1 Å². The Morgan fingerprint density at radius 2 is 2.50 bits per heavy atom. The van der Waals surface area contributed by atoms with Crippen LogP contribution in [0.2, 0.25) is 0 Å². The quantitative estimate of drug-likeness (QED) is 0.167. The highest BCUT2D eigenvalue weighted by molar-refractivity contribution is 5.80. The minimum absolute atomic E-state index is 0.112. The van der Waals surface area contributed by atoms with Crippen molar-refractivity contribution in [1.82, 2.24) is 16.1 Å². The number of aliphatic imine (C=N–C) groups is 1. The number of hydrazine groups is 1. The van der Waals surface area contributed by atoms with Crippen LogP contribution >= 0.6 is 0 Å². The minimum atomic E-state index is 0.112. The highest BCUT2D eigenvalue weighted by Crippen LogP contribution is 2.06. The first-order valence-electron chi connectivity index (χ1n) is 5.80. The van der Waals surface area contributed by atoms with Crippen molar-refractivity contribution in [3.63, 3.8) is 0 Å². The van der Waals surface area contributed by atoms with Crippen molar-refractivity contribution in [3.8, 4) is 0 Å². The number of amides is 1. The standard InChI is InChI=1S/C10H21N5O/c1-2-3-6-12-10(15-11)13-7-8-4-5-9(16)14-8/h8H,2-7,11H2,1H3,(H,14,16)(H2,12,13,15). The molecule has 1 fully saturated rings. The summed E-state index contributed by atoms with van der Waals surface area (Å²) >= 11 is 0. The summed E-state index contributed by atoms with van der Waals surface area (Å²) in [5, 5.41) is 5.96. The average molecular weight is 227 g/mol. The molecule has 0 bridgehead atoms. The van der Waals surface area contributed by atoms with Gasteiger partial charge in [-0.25, -0.2) is 5.84 Å². The highest BCUT2D eigenvalue weighted by Gasteiger charge is 2.19. The zero-order valence-electron chi connectivity index (χ0n) is 9.75. The molecule has 5 N–H and O–H groups in total. The second-order valence-corrected chi connectivity index (χ2v) is 3.92. The van der Waals surface area contributed by atoms with Gasteiger partial charge in [-0.05, 0) is 12.8 Å². The fourth-order valence-electron chi connectivity index (χ4n) is 1.55. The van der Waals surface area contributed by atoms with Gasteiger partial charge >= 0.3 is 0 Å². The van der Waals surface area contributed by atoms with Gasteiger partial charge in [0.15, 0.2) is 0 Å². The Morgan fingerprint density at radius 3 is 3.06 bits per heavy atom. The number of nitrogens with two attached hydrogens (primary N) is 1. The van der Waals surface area contributed by atoms with E-state index < -0.39 is 0 Å². The molecule has 1 aliphatic heterocycles. The molecule has 1 saturated heterocycles. The predicted molar refractivity (Wildman–Crippen MR) is 63.7 cm³/mol. The maximum absolute atomic E-state index is 11.0. The van der Waals surface area contributed by atoms with Crippen molar-refractivity contribution in [2.24, 2.45) is 10.8 Å². The Kier molecular flexibility index (Phi) is 5.63. The number of unbranched alkanes of at least 4 members (excludes halogenated alkanes) is 1. The van der Waals surface area contributed by atoms with Gasteiger partial charge in [0, 0.05) is 19.0 Å². The number of rotatable bonds is 5. The Morgan fingerprint density at radius 1 is 1.69 bits per heavy atom. The summed E-state index contributed by atoms with van der Waals surface area (Å²) in [5.74, 6) is 6.04. The minimum Gasteiger partial charge on any atom is -0.355 e. The molecule has 1 amide bonds. The Bertz CT molecular complexity index is 254. The average Bonchev–Trinajstić information content (AvgIpc) is 2.69. The molecule has 1 unspecified atom stereocenters. The largest absolute Gasteiger partial charge is 0.355 e. The Balaban J connectivity index is 2.26. The van der Waals surface area contributed by atoms with Crippen LogP contribution in [0.3, 0.4) is 0 Å². The lowest BCUT2D eigenvalue weighted by molar-refractivity contribution is -0.119. The van der Waals surface area contributed by atoms with Crippen LogP contribution in [0.4, 0.5) is 0 Å². The van der Waals surface area contributed by atoms with E-state index in [1.165, 1.54) is 0 Å². The van der Waals surface area contributed by atoms with Crippen LogP contribution < -0.4 is 21.9 Å². The maximum Gasteiger partial charge on any atom is 0.220 e. The lowest BCUT2D eigenvalue weighted by atomic mass is 10.2. The molecule has 0 aliphatic carbocycles. The molecule has 0 aromatic rings. The van der Waals surface area contributed by atoms with E-state index in [0.29, 0.717) is 18.9 Å². The van der Waals surface area contributed by atoms with Crippen LogP contribution in [0.25, 0.3) is 0 Å². The molecule has 16 heavy (non-hydrogen) atoms. The summed E-state index contributed by atoms with van der Waals surface area (Å²) in [6.07, 6.45) is 3.67. The van der Waals surface area contributed by atoms with E-state index in [1.807, 2.05) is 0 Å². The molecule has 1 heterocycles. The second-order valence-electron chi connectivity index (χ2n) is 3.92. The second kappa shape index (κ2) is 7.05. The van der Waals surface area contributed by atoms with Crippen LogP contribution in [-0.4, -0.2) is 31.0 Å². The van der Waals surface area contributed by atoms with E-state index in [0.717, 1.165) is 25.8 Å². The number of carbonyl (C=O) groups excluding carboxylic acids is 1. The molecule has 1 rings (SSSR count).